The summed E-state index contributed by atoms with van der Waals surface area (Å²) in [6.07, 6.45) is 2.20. The van der Waals surface area contributed by atoms with Gasteiger partial charge in [-0.1, -0.05) is 12.1 Å². The van der Waals surface area contributed by atoms with Crippen LogP contribution in [0.25, 0.3) is 0 Å². The Hall–Kier alpha value is -2.61. The number of hydrogen-bond donors (Lipinski definition) is 1. The summed E-state index contributed by atoms with van der Waals surface area (Å²) in [4.78, 5) is 10.8. The number of carbonyl (C=O) groups is 1. The van der Waals surface area contributed by atoms with Crippen LogP contribution < -0.4 is 5.32 Å². The normalized spacial score (nSPS) is 9.65. The first-order valence-electron chi connectivity index (χ1n) is 4.99. The Kier molecular flexibility index (Phi) is 2.88. The first-order valence-corrected chi connectivity index (χ1v) is 4.99. The fourth-order valence-electron chi connectivity index (χ4n) is 1.51. The van der Waals surface area contributed by atoms with E-state index in [1.54, 1.807) is 29.9 Å². The highest BCUT2D eigenvalue weighted by molar-refractivity contribution is 5.84. The highest BCUT2D eigenvalue weighted by Gasteiger charge is 2.09. The van der Waals surface area contributed by atoms with Crippen molar-refractivity contribution in [1.82, 2.24) is 9.78 Å². The Morgan fingerprint density at radius 1 is 1.47 bits per heavy atom. The molecule has 5 heteroatoms. The standard InChI is InChI=1S/C12H10N4O/c1-16-12(10(8-17)7-14-16)15-11-5-3-2-4-9(11)6-13/h2-5,7-8,15H,1H3. The number of hydrogen-bond acceptors (Lipinski definition) is 4. The maximum atomic E-state index is 10.8. The predicted molar refractivity (Wildman–Crippen MR) is 63.0 cm³/mol. The van der Waals surface area contributed by atoms with Gasteiger partial charge < -0.3 is 5.32 Å². The van der Waals surface area contributed by atoms with Gasteiger partial charge >= 0.3 is 0 Å². The zero-order chi connectivity index (χ0) is 12.3. The molecule has 0 aliphatic rings. The molecule has 0 atom stereocenters. The lowest BCUT2D eigenvalue weighted by atomic mass is 10.2. The quantitative estimate of drug-likeness (QED) is 0.811. The van der Waals surface area contributed by atoms with E-state index in [0.717, 1.165) is 6.29 Å². The van der Waals surface area contributed by atoms with Crippen LogP contribution in [0.3, 0.4) is 0 Å². The van der Waals surface area contributed by atoms with Crippen LogP contribution >= 0.6 is 0 Å². The molecule has 0 amide bonds. The topological polar surface area (TPSA) is 70.7 Å². The Labute approximate surface area is 98.3 Å². The Morgan fingerprint density at radius 2 is 2.24 bits per heavy atom. The maximum Gasteiger partial charge on any atom is 0.155 e. The molecular weight excluding hydrogens is 216 g/mol. The molecule has 0 aliphatic heterocycles. The molecule has 0 aliphatic carbocycles. The third-order valence-corrected chi connectivity index (χ3v) is 2.39. The highest BCUT2D eigenvalue weighted by atomic mass is 16.1. The van der Waals surface area contributed by atoms with Crippen LogP contribution in [-0.2, 0) is 7.05 Å². The van der Waals surface area contributed by atoms with E-state index in [9.17, 15) is 4.79 Å². The van der Waals surface area contributed by atoms with Crippen LogP contribution in [0.4, 0.5) is 11.5 Å². The summed E-state index contributed by atoms with van der Waals surface area (Å²) in [6.45, 7) is 0. The van der Waals surface area contributed by atoms with Crippen molar-refractivity contribution in [2.45, 2.75) is 0 Å². The van der Waals surface area contributed by atoms with Gasteiger partial charge in [0.25, 0.3) is 0 Å². The number of aryl methyl sites for hydroxylation is 1. The van der Waals surface area contributed by atoms with Crippen LogP contribution in [0, 0.1) is 11.3 Å². The van der Waals surface area contributed by atoms with Crippen molar-refractivity contribution in [3.63, 3.8) is 0 Å². The van der Waals surface area contributed by atoms with Crippen LogP contribution in [0.15, 0.2) is 30.5 Å². The minimum absolute atomic E-state index is 0.459. The van der Waals surface area contributed by atoms with Crippen molar-refractivity contribution >= 4 is 17.8 Å². The van der Waals surface area contributed by atoms with Gasteiger partial charge in [-0.25, -0.2) is 0 Å². The number of rotatable bonds is 3. The lowest BCUT2D eigenvalue weighted by molar-refractivity contribution is 0.112. The Bertz CT molecular complexity index is 595. The van der Waals surface area contributed by atoms with Crippen molar-refractivity contribution in [1.29, 1.82) is 5.26 Å². The van der Waals surface area contributed by atoms with Crippen molar-refractivity contribution in [3.8, 4) is 6.07 Å². The second kappa shape index (κ2) is 4.49. The summed E-state index contributed by atoms with van der Waals surface area (Å²) < 4.78 is 1.55. The molecule has 0 radical (unpaired) electrons. The number of nitrogens with zero attached hydrogens (tertiary/aromatic N) is 3. The summed E-state index contributed by atoms with van der Waals surface area (Å²) in [5.41, 5.74) is 1.63. The fourth-order valence-corrected chi connectivity index (χ4v) is 1.51. The molecule has 17 heavy (non-hydrogen) atoms. The Morgan fingerprint density at radius 3 is 2.94 bits per heavy atom. The first-order chi connectivity index (χ1) is 8.26. The molecule has 0 saturated carbocycles. The molecular formula is C12H10N4O. The van der Waals surface area contributed by atoms with Gasteiger partial charge in [-0.15, -0.1) is 0 Å². The number of nitrogens with one attached hydrogen (secondary N) is 1. The lowest BCUT2D eigenvalue weighted by Gasteiger charge is -2.08. The Balaban J connectivity index is 2.41. The monoisotopic (exact) mass is 226 g/mol. The summed E-state index contributed by atoms with van der Waals surface area (Å²) in [6, 6.07) is 9.17. The van der Waals surface area contributed by atoms with E-state index in [1.165, 1.54) is 6.20 Å². The summed E-state index contributed by atoms with van der Waals surface area (Å²) in [7, 11) is 1.73. The minimum atomic E-state index is 0.459. The third kappa shape index (κ3) is 2.01. The number of para-hydroxylation sites is 1. The molecule has 0 saturated heterocycles. The van der Waals surface area contributed by atoms with Crippen LogP contribution in [0.5, 0.6) is 0 Å². The summed E-state index contributed by atoms with van der Waals surface area (Å²) in [5, 5.41) is 16.0. The highest BCUT2D eigenvalue weighted by Crippen LogP contribution is 2.21. The van der Waals surface area contributed by atoms with Gasteiger partial charge in [0.15, 0.2) is 6.29 Å². The van der Waals surface area contributed by atoms with Crippen molar-refractivity contribution in [2.24, 2.45) is 7.05 Å². The van der Waals surface area contributed by atoms with Crippen molar-refractivity contribution < 1.29 is 4.79 Å². The lowest BCUT2D eigenvalue weighted by Crippen LogP contribution is -2.02. The molecule has 1 N–H and O–H groups in total. The average Bonchev–Trinajstić information content (AvgIpc) is 2.71. The molecule has 0 fully saturated rings. The number of aldehydes is 1. The second-order valence-corrected chi connectivity index (χ2v) is 3.47. The summed E-state index contributed by atoms with van der Waals surface area (Å²) >= 11 is 0. The number of benzene rings is 1. The van der Waals surface area contributed by atoms with Gasteiger partial charge in [0.1, 0.15) is 11.9 Å². The number of aromatic nitrogens is 2. The zero-order valence-electron chi connectivity index (χ0n) is 9.21. The van der Waals surface area contributed by atoms with E-state index < -0.39 is 0 Å². The van der Waals surface area contributed by atoms with Gasteiger partial charge in [0.2, 0.25) is 0 Å². The van der Waals surface area contributed by atoms with Gasteiger partial charge in [-0.2, -0.15) is 10.4 Å². The largest absolute Gasteiger partial charge is 0.339 e. The van der Waals surface area contributed by atoms with Gasteiger partial charge in [-0.3, -0.25) is 9.48 Å². The molecule has 1 heterocycles. The van der Waals surface area contributed by atoms with E-state index in [2.05, 4.69) is 16.5 Å². The smallest absolute Gasteiger partial charge is 0.155 e. The molecule has 2 aromatic rings. The third-order valence-electron chi connectivity index (χ3n) is 2.39. The van der Waals surface area contributed by atoms with E-state index in [4.69, 9.17) is 5.26 Å². The number of carbonyl (C=O) groups excluding carboxylic acids is 1. The molecule has 0 spiro atoms. The predicted octanol–water partition coefficient (Wildman–Crippen LogP) is 1.85. The molecule has 0 bridgehead atoms. The second-order valence-electron chi connectivity index (χ2n) is 3.47. The van der Waals surface area contributed by atoms with Gasteiger partial charge in [0.05, 0.1) is 23.0 Å². The van der Waals surface area contributed by atoms with E-state index in [0.29, 0.717) is 22.6 Å². The van der Waals surface area contributed by atoms with E-state index in [1.807, 2.05) is 6.07 Å². The summed E-state index contributed by atoms with van der Waals surface area (Å²) in [5.74, 6) is 0.572. The zero-order valence-corrected chi connectivity index (χ0v) is 9.21. The number of anilines is 2. The van der Waals surface area contributed by atoms with Gasteiger partial charge in [0, 0.05) is 7.05 Å². The fraction of sp³-hybridized carbons (Fsp3) is 0.0833. The minimum Gasteiger partial charge on any atom is -0.339 e. The maximum absolute atomic E-state index is 10.8. The molecule has 2 rings (SSSR count). The van der Waals surface area contributed by atoms with Crippen molar-refractivity contribution in [2.75, 3.05) is 5.32 Å². The van der Waals surface area contributed by atoms with Gasteiger partial charge in [-0.05, 0) is 12.1 Å². The van der Waals surface area contributed by atoms with Crippen LogP contribution in [-0.4, -0.2) is 16.1 Å². The van der Waals surface area contributed by atoms with Crippen LogP contribution in [0.1, 0.15) is 15.9 Å². The van der Waals surface area contributed by atoms with E-state index in [-0.39, 0.29) is 0 Å². The number of nitriles is 1. The molecule has 84 valence electrons. The van der Waals surface area contributed by atoms with Crippen LogP contribution in [0.2, 0.25) is 0 Å². The van der Waals surface area contributed by atoms with E-state index >= 15 is 0 Å². The molecule has 1 aromatic carbocycles. The average molecular weight is 226 g/mol. The molecule has 1 aromatic heterocycles. The first kappa shape index (κ1) is 10.9. The molecule has 0 unspecified atom stereocenters. The SMILES string of the molecule is Cn1ncc(C=O)c1Nc1ccccc1C#N. The van der Waals surface area contributed by atoms with Crippen molar-refractivity contribution in [3.05, 3.63) is 41.6 Å². The molecule has 5 nitrogen and oxygen atoms in total.